The summed E-state index contributed by atoms with van der Waals surface area (Å²) < 4.78 is 1.74. The number of nitrogens with zero attached hydrogens (tertiary/aromatic N) is 3. The summed E-state index contributed by atoms with van der Waals surface area (Å²) in [6.45, 7) is 0.494. The molecule has 26 heavy (non-hydrogen) atoms. The summed E-state index contributed by atoms with van der Waals surface area (Å²) in [7, 11) is 0. The van der Waals surface area contributed by atoms with Crippen LogP contribution in [0.1, 0.15) is 27.5 Å². The number of rotatable bonds is 5. The van der Waals surface area contributed by atoms with Crippen molar-refractivity contribution < 1.29 is 4.79 Å². The molecule has 128 valence electrons. The average Bonchev–Trinajstić information content (AvgIpc) is 3.14. The maximum absolute atomic E-state index is 12.6. The first kappa shape index (κ1) is 16.0. The highest BCUT2D eigenvalue weighted by molar-refractivity contribution is 5.92. The lowest BCUT2D eigenvalue weighted by atomic mass is 9.91. The Morgan fingerprint density at radius 1 is 0.962 bits per heavy atom. The minimum Gasteiger partial charge on any atom is -0.350 e. The molecule has 0 aliphatic carbocycles. The molecule has 0 aliphatic heterocycles. The second-order valence-electron chi connectivity index (χ2n) is 6.04. The van der Waals surface area contributed by atoms with E-state index in [1.54, 1.807) is 22.9 Å². The van der Waals surface area contributed by atoms with Crippen LogP contribution < -0.4 is 5.32 Å². The molecule has 2 heterocycles. The molecule has 0 radical (unpaired) electrons. The lowest BCUT2D eigenvalue weighted by molar-refractivity contribution is 0.0948. The average molecular weight is 342 g/mol. The van der Waals surface area contributed by atoms with Gasteiger partial charge in [-0.15, -0.1) is 0 Å². The summed E-state index contributed by atoms with van der Waals surface area (Å²) in [5.74, 6) is 0.393. The Balaban J connectivity index is 1.55. The van der Waals surface area contributed by atoms with Gasteiger partial charge in [-0.3, -0.25) is 9.20 Å². The molecule has 0 unspecified atom stereocenters. The van der Waals surface area contributed by atoms with Gasteiger partial charge in [-0.1, -0.05) is 60.7 Å². The number of hydrogen-bond acceptors (Lipinski definition) is 3. The third-order valence-electron chi connectivity index (χ3n) is 4.34. The molecule has 0 atom stereocenters. The first-order valence-electron chi connectivity index (χ1n) is 8.49. The van der Waals surface area contributed by atoms with Crippen LogP contribution in [0.3, 0.4) is 0 Å². The molecule has 0 bridgehead atoms. The molecule has 0 spiro atoms. The van der Waals surface area contributed by atoms with Crippen LogP contribution in [0.15, 0.2) is 85.3 Å². The van der Waals surface area contributed by atoms with Gasteiger partial charge in [0, 0.05) is 31.1 Å². The maximum atomic E-state index is 12.6. The lowest BCUT2D eigenvalue weighted by Gasteiger charge is -2.18. The van der Waals surface area contributed by atoms with Gasteiger partial charge >= 0.3 is 0 Å². The van der Waals surface area contributed by atoms with Crippen molar-refractivity contribution in [3.8, 4) is 0 Å². The van der Waals surface area contributed by atoms with E-state index in [0.29, 0.717) is 18.0 Å². The van der Waals surface area contributed by atoms with Gasteiger partial charge in [0.25, 0.3) is 5.91 Å². The molecule has 1 N–H and O–H groups in total. The Bertz CT molecular complexity index is 939. The van der Waals surface area contributed by atoms with Crippen molar-refractivity contribution in [3.63, 3.8) is 0 Å². The molecule has 4 rings (SSSR count). The maximum Gasteiger partial charge on any atom is 0.271 e. The van der Waals surface area contributed by atoms with Crippen molar-refractivity contribution in [2.24, 2.45) is 0 Å². The second kappa shape index (κ2) is 7.19. The number of fused-ring (bicyclic) bond motifs is 1. The van der Waals surface area contributed by atoms with E-state index in [4.69, 9.17) is 0 Å². The van der Waals surface area contributed by atoms with E-state index in [1.165, 1.54) is 0 Å². The molecule has 0 aliphatic rings. The molecule has 2 aromatic heterocycles. The van der Waals surface area contributed by atoms with Gasteiger partial charge in [-0.25, -0.2) is 9.97 Å². The van der Waals surface area contributed by atoms with Gasteiger partial charge < -0.3 is 5.32 Å². The monoisotopic (exact) mass is 342 g/mol. The summed E-state index contributed by atoms with van der Waals surface area (Å²) in [5.41, 5.74) is 2.69. The van der Waals surface area contributed by atoms with Crippen molar-refractivity contribution in [1.82, 2.24) is 19.7 Å². The lowest BCUT2D eigenvalue weighted by Crippen LogP contribution is -2.29. The van der Waals surface area contributed by atoms with Crippen LogP contribution in [0.2, 0.25) is 0 Å². The highest BCUT2D eigenvalue weighted by Crippen LogP contribution is 2.23. The second-order valence-corrected chi connectivity index (χ2v) is 6.04. The molecule has 0 saturated heterocycles. The van der Waals surface area contributed by atoms with Crippen LogP contribution in [0.4, 0.5) is 0 Å². The van der Waals surface area contributed by atoms with E-state index >= 15 is 0 Å². The number of imidazole rings is 1. The predicted molar refractivity (Wildman–Crippen MR) is 100 cm³/mol. The zero-order valence-electron chi connectivity index (χ0n) is 14.1. The van der Waals surface area contributed by atoms with Crippen molar-refractivity contribution in [1.29, 1.82) is 0 Å². The summed E-state index contributed by atoms with van der Waals surface area (Å²) in [6.07, 6.45) is 5.17. The van der Waals surface area contributed by atoms with Gasteiger partial charge in [-0.2, -0.15) is 0 Å². The summed E-state index contributed by atoms with van der Waals surface area (Å²) in [5, 5.41) is 3.01. The molecule has 4 aromatic rings. The highest BCUT2D eigenvalue weighted by Gasteiger charge is 2.17. The van der Waals surface area contributed by atoms with Crippen LogP contribution in [0, 0.1) is 0 Å². The van der Waals surface area contributed by atoms with E-state index in [1.807, 2.05) is 42.6 Å². The Morgan fingerprint density at radius 2 is 1.62 bits per heavy atom. The van der Waals surface area contributed by atoms with Crippen molar-refractivity contribution in [2.45, 2.75) is 5.92 Å². The van der Waals surface area contributed by atoms with Crippen molar-refractivity contribution in [3.05, 3.63) is 102 Å². The highest BCUT2D eigenvalue weighted by atomic mass is 16.1. The summed E-state index contributed by atoms with van der Waals surface area (Å²) in [6, 6.07) is 22.2. The van der Waals surface area contributed by atoms with E-state index < -0.39 is 0 Å². The van der Waals surface area contributed by atoms with Gasteiger partial charge in [0.1, 0.15) is 5.69 Å². The molecular formula is C21H18N4O. The molecular weight excluding hydrogens is 324 g/mol. The Hall–Kier alpha value is -3.47. The molecule has 1 amide bonds. The zero-order valence-corrected chi connectivity index (χ0v) is 14.1. The van der Waals surface area contributed by atoms with Gasteiger partial charge in [0.05, 0.1) is 0 Å². The number of hydrogen-bond donors (Lipinski definition) is 1. The topological polar surface area (TPSA) is 59.3 Å². The molecule has 0 saturated carbocycles. The number of aromatic nitrogens is 3. The van der Waals surface area contributed by atoms with Crippen LogP contribution in [0.25, 0.3) is 5.78 Å². The smallest absolute Gasteiger partial charge is 0.271 e. The van der Waals surface area contributed by atoms with Gasteiger partial charge in [-0.05, 0) is 17.2 Å². The Kier molecular flexibility index (Phi) is 4.43. The molecule has 0 fully saturated rings. The third kappa shape index (κ3) is 3.32. The standard InChI is InChI=1S/C21H18N4O/c26-20(19-15-25-13-7-12-22-21(25)24-19)23-14-18(16-8-3-1-4-9-16)17-10-5-2-6-11-17/h1-13,15,18H,14H2,(H,23,26). The molecule has 5 nitrogen and oxygen atoms in total. The third-order valence-corrected chi connectivity index (χ3v) is 4.34. The summed E-state index contributed by atoms with van der Waals surface area (Å²) in [4.78, 5) is 21.0. The van der Waals surface area contributed by atoms with Crippen LogP contribution in [0.5, 0.6) is 0 Å². The number of carbonyl (C=O) groups is 1. The summed E-state index contributed by atoms with van der Waals surface area (Å²) >= 11 is 0. The van der Waals surface area contributed by atoms with E-state index in [0.717, 1.165) is 11.1 Å². The number of nitrogens with one attached hydrogen (secondary N) is 1. The van der Waals surface area contributed by atoms with E-state index in [-0.39, 0.29) is 11.8 Å². The SMILES string of the molecule is O=C(NCC(c1ccccc1)c1ccccc1)c1cn2cccnc2n1. The van der Waals surface area contributed by atoms with Crippen LogP contribution >= 0.6 is 0 Å². The number of benzene rings is 2. The fourth-order valence-electron chi connectivity index (χ4n) is 3.02. The fraction of sp³-hybridized carbons (Fsp3) is 0.0952. The number of carbonyl (C=O) groups excluding carboxylic acids is 1. The Morgan fingerprint density at radius 3 is 2.23 bits per heavy atom. The van der Waals surface area contributed by atoms with Gasteiger partial charge in [0.2, 0.25) is 5.78 Å². The van der Waals surface area contributed by atoms with Crippen molar-refractivity contribution >= 4 is 11.7 Å². The number of amides is 1. The molecule has 5 heteroatoms. The van der Waals surface area contributed by atoms with Gasteiger partial charge in [0.15, 0.2) is 0 Å². The normalized spacial score (nSPS) is 11.0. The minimum absolute atomic E-state index is 0.0801. The fourth-order valence-corrected chi connectivity index (χ4v) is 3.02. The van der Waals surface area contributed by atoms with E-state index in [2.05, 4.69) is 39.6 Å². The zero-order chi connectivity index (χ0) is 17.8. The predicted octanol–water partition coefficient (Wildman–Crippen LogP) is 3.29. The van der Waals surface area contributed by atoms with Crippen LogP contribution in [-0.4, -0.2) is 26.8 Å². The first-order valence-corrected chi connectivity index (χ1v) is 8.49. The Labute approximate surface area is 151 Å². The largest absolute Gasteiger partial charge is 0.350 e. The van der Waals surface area contributed by atoms with Crippen molar-refractivity contribution in [2.75, 3.05) is 6.54 Å². The van der Waals surface area contributed by atoms with Crippen LogP contribution in [-0.2, 0) is 0 Å². The minimum atomic E-state index is -0.202. The molecule has 2 aromatic carbocycles. The quantitative estimate of drug-likeness (QED) is 0.605. The van der Waals surface area contributed by atoms with E-state index in [9.17, 15) is 4.79 Å². The first-order chi connectivity index (χ1) is 12.8.